The van der Waals surface area contributed by atoms with Gasteiger partial charge in [-0.15, -0.1) is 5.10 Å². The van der Waals surface area contributed by atoms with E-state index in [2.05, 4.69) is 10.3 Å². The Balaban J connectivity index is 2.01. The van der Waals surface area contributed by atoms with Crippen molar-refractivity contribution >= 4 is 11.8 Å². The van der Waals surface area contributed by atoms with Gasteiger partial charge in [-0.05, 0) is 12.0 Å². The van der Waals surface area contributed by atoms with Crippen molar-refractivity contribution in [1.82, 2.24) is 24.8 Å². The van der Waals surface area contributed by atoms with Gasteiger partial charge in [-0.2, -0.15) is 0 Å². The van der Waals surface area contributed by atoms with Crippen molar-refractivity contribution in [2.24, 2.45) is 5.73 Å². The predicted octanol–water partition coefficient (Wildman–Crippen LogP) is 0.00990. The van der Waals surface area contributed by atoms with Gasteiger partial charge in [0, 0.05) is 33.7 Å². The van der Waals surface area contributed by atoms with Gasteiger partial charge < -0.3 is 15.5 Å². The number of nitrogens with zero attached hydrogens (tertiary/aromatic N) is 5. The summed E-state index contributed by atoms with van der Waals surface area (Å²) in [5.41, 5.74) is 7.00. The Morgan fingerprint density at radius 3 is 2.52 bits per heavy atom. The Morgan fingerprint density at radius 1 is 1.16 bits per heavy atom. The molecule has 0 bridgehead atoms. The van der Waals surface area contributed by atoms with E-state index < -0.39 is 0 Å². The van der Waals surface area contributed by atoms with Crippen LogP contribution in [-0.2, 0) is 17.8 Å². The van der Waals surface area contributed by atoms with Gasteiger partial charge in [0.15, 0.2) is 5.69 Å². The molecule has 8 nitrogen and oxygen atoms in total. The van der Waals surface area contributed by atoms with Crippen molar-refractivity contribution in [2.45, 2.75) is 13.0 Å². The summed E-state index contributed by atoms with van der Waals surface area (Å²) in [5.74, 6) is -0.350. The van der Waals surface area contributed by atoms with E-state index in [1.807, 2.05) is 30.3 Å². The fourth-order valence-corrected chi connectivity index (χ4v) is 2.30. The Bertz CT molecular complexity index is 698. The first-order chi connectivity index (χ1) is 12.0. The lowest BCUT2D eigenvalue weighted by Crippen LogP contribution is -2.37. The van der Waals surface area contributed by atoms with Gasteiger partial charge in [0.2, 0.25) is 5.91 Å². The van der Waals surface area contributed by atoms with Crippen LogP contribution in [0.2, 0.25) is 0 Å². The molecule has 2 rings (SSSR count). The topological polar surface area (TPSA) is 97.4 Å². The molecule has 0 atom stereocenters. The predicted molar refractivity (Wildman–Crippen MR) is 93.8 cm³/mol. The summed E-state index contributed by atoms with van der Waals surface area (Å²) in [7, 11) is 3.33. The molecule has 0 aliphatic heterocycles. The summed E-state index contributed by atoms with van der Waals surface area (Å²) in [4.78, 5) is 27.5. The fraction of sp³-hybridized carbons (Fsp3) is 0.412. The van der Waals surface area contributed by atoms with Crippen LogP contribution < -0.4 is 5.73 Å². The second kappa shape index (κ2) is 8.93. The summed E-state index contributed by atoms with van der Waals surface area (Å²) < 4.78 is 1.37. The fourth-order valence-electron chi connectivity index (χ4n) is 2.30. The summed E-state index contributed by atoms with van der Waals surface area (Å²) in [5, 5.41) is 7.76. The number of hydrogen-bond acceptors (Lipinski definition) is 5. The summed E-state index contributed by atoms with van der Waals surface area (Å²) in [6.07, 6.45) is 2.23. The molecular formula is C17H24N6O2. The Kier molecular flexibility index (Phi) is 6.64. The van der Waals surface area contributed by atoms with Crippen LogP contribution in [0.4, 0.5) is 0 Å². The third-order valence-corrected chi connectivity index (χ3v) is 3.75. The minimum atomic E-state index is -0.232. The van der Waals surface area contributed by atoms with Gasteiger partial charge in [0.05, 0.1) is 6.20 Å². The quantitative estimate of drug-likeness (QED) is 0.727. The maximum absolute atomic E-state index is 12.6. The highest BCUT2D eigenvalue weighted by Crippen LogP contribution is 2.05. The molecule has 2 amide bonds. The van der Waals surface area contributed by atoms with Crippen molar-refractivity contribution < 1.29 is 9.59 Å². The van der Waals surface area contributed by atoms with Gasteiger partial charge in [0.1, 0.15) is 6.54 Å². The lowest BCUT2D eigenvalue weighted by molar-refractivity contribution is -0.129. The average Bonchev–Trinajstić information content (AvgIpc) is 3.07. The molecule has 0 unspecified atom stereocenters. The van der Waals surface area contributed by atoms with E-state index in [9.17, 15) is 9.59 Å². The van der Waals surface area contributed by atoms with Gasteiger partial charge in [0.25, 0.3) is 5.91 Å². The molecule has 0 saturated carbocycles. The number of carbonyl (C=O) groups is 2. The molecule has 0 aliphatic carbocycles. The number of benzene rings is 1. The van der Waals surface area contributed by atoms with Crippen LogP contribution >= 0.6 is 0 Å². The standard InChI is InChI=1S/C17H24N6O2/c1-21(2)16(24)13-23-12-15(19-20-23)17(25)22(11-9-18)10-8-14-6-4-3-5-7-14/h3-7,12H,8-11,13,18H2,1-2H3. The summed E-state index contributed by atoms with van der Waals surface area (Å²) >= 11 is 0. The molecule has 0 fully saturated rings. The molecule has 8 heteroatoms. The van der Waals surface area contributed by atoms with Crippen LogP contribution in [-0.4, -0.2) is 70.3 Å². The van der Waals surface area contributed by atoms with E-state index in [4.69, 9.17) is 5.73 Å². The number of aromatic nitrogens is 3. The number of likely N-dealkylation sites (N-methyl/N-ethyl adjacent to an activating group) is 1. The second-order valence-electron chi connectivity index (χ2n) is 5.91. The van der Waals surface area contributed by atoms with Gasteiger partial charge in [-0.3, -0.25) is 9.59 Å². The van der Waals surface area contributed by atoms with E-state index >= 15 is 0 Å². The molecule has 1 heterocycles. The highest BCUT2D eigenvalue weighted by Gasteiger charge is 2.19. The Morgan fingerprint density at radius 2 is 1.88 bits per heavy atom. The van der Waals surface area contributed by atoms with Gasteiger partial charge in [-0.25, -0.2) is 4.68 Å². The summed E-state index contributed by atoms with van der Waals surface area (Å²) in [6, 6.07) is 9.94. The largest absolute Gasteiger partial charge is 0.347 e. The minimum Gasteiger partial charge on any atom is -0.347 e. The average molecular weight is 344 g/mol. The number of hydrogen-bond donors (Lipinski definition) is 1. The van der Waals surface area contributed by atoms with Crippen LogP contribution in [0.15, 0.2) is 36.5 Å². The van der Waals surface area contributed by atoms with Crippen LogP contribution in [0.25, 0.3) is 0 Å². The zero-order valence-corrected chi connectivity index (χ0v) is 14.6. The maximum atomic E-state index is 12.6. The normalized spacial score (nSPS) is 10.5. The number of nitrogens with two attached hydrogens (primary N) is 1. The lowest BCUT2D eigenvalue weighted by atomic mass is 10.1. The first kappa shape index (κ1) is 18.6. The summed E-state index contributed by atoms with van der Waals surface area (Å²) in [6.45, 7) is 1.40. The van der Waals surface area contributed by atoms with Crippen LogP contribution in [0.1, 0.15) is 16.1 Å². The van der Waals surface area contributed by atoms with E-state index in [-0.39, 0.29) is 24.1 Å². The third kappa shape index (κ3) is 5.39. The molecule has 0 spiro atoms. The second-order valence-corrected chi connectivity index (χ2v) is 5.91. The SMILES string of the molecule is CN(C)C(=O)Cn1cc(C(=O)N(CCN)CCc2ccccc2)nn1. The molecule has 1 aromatic heterocycles. The Labute approximate surface area is 147 Å². The van der Waals surface area contributed by atoms with Crippen LogP contribution in [0.3, 0.4) is 0 Å². The smallest absolute Gasteiger partial charge is 0.276 e. The van der Waals surface area contributed by atoms with E-state index in [1.165, 1.54) is 15.8 Å². The third-order valence-electron chi connectivity index (χ3n) is 3.75. The van der Waals surface area contributed by atoms with E-state index in [0.29, 0.717) is 19.6 Å². The van der Waals surface area contributed by atoms with Crippen LogP contribution in [0.5, 0.6) is 0 Å². The molecule has 0 aliphatic rings. The molecule has 0 saturated heterocycles. The molecule has 134 valence electrons. The van der Waals surface area contributed by atoms with E-state index in [1.54, 1.807) is 19.0 Å². The highest BCUT2D eigenvalue weighted by molar-refractivity contribution is 5.92. The minimum absolute atomic E-state index is 0.0498. The Hall–Kier alpha value is -2.74. The maximum Gasteiger partial charge on any atom is 0.276 e. The van der Waals surface area contributed by atoms with Crippen molar-refractivity contribution in [1.29, 1.82) is 0 Å². The van der Waals surface area contributed by atoms with Gasteiger partial charge in [-0.1, -0.05) is 35.5 Å². The van der Waals surface area contributed by atoms with Crippen molar-refractivity contribution in [2.75, 3.05) is 33.7 Å². The zero-order valence-electron chi connectivity index (χ0n) is 14.6. The van der Waals surface area contributed by atoms with Crippen molar-refractivity contribution in [3.63, 3.8) is 0 Å². The van der Waals surface area contributed by atoms with E-state index in [0.717, 1.165) is 12.0 Å². The first-order valence-electron chi connectivity index (χ1n) is 8.15. The highest BCUT2D eigenvalue weighted by atomic mass is 16.2. The van der Waals surface area contributed by atoms with Crippen LogP contribution in [0, 0.1) is 0 Å². The monoisotopic (exact) mass is 344 g/mol. The molecular weight excluding hydrogens is 320 g/mol. The molecule has 0 radical (unpaired) electrons. The lowest BCUT2D eigenvalue weighted by Gasteiger charge is -2.20. The first-order valence-corrected chi connectivity index (χ1v) is 8.15. The molecule has 2 aromatic rings. The zero-order chi connectivity index (χ0) is 18.2. The van der Waals surface area contributed by atoms with Crippen molar-refractivity contribution in [3.8, 4) is 0 Å². The number of amides is 2. The molecule has 1 aromatic carbocycles. The number of carbonyl (C=O) groups excluding carboxylic acids is 2. The van der Waals surface area contributed by atoms with Crippen molar-refractivity contribution in [3.05, 3.63) is 47.8 Å². The molecule has 2 N–H and O–H groups in total. The number of rotatable bonds is 8. The molecule has 25 heavy (non-hydrogen) atoms. The van der Waals surface area contributed by atoms with Gasteiger partial charge >= 0.3 is 0 Å².